The van der Waals surface area contributed by atoms with E-state index in [9.17, 15) is 4.79 Å². The molecule has 1 heterocycles. The van der Waals surface area contributed by atoms with Crippen LogP contribution in [0.2, 0.25) is 0 Å². The van der Waals surface area contributed by atoms with Gasteiger partial charge in [0, 0.05) is 11.1 Å². The van der Waals surface area contributed by atoms with Crippen molar-refractivity contribution >= 4 is 22.5 Å². The molecule has 0 atom stereocenters. The monoisotopic (exact) mass is 295 g/mol. The van der Waals surface area contributed by atoms with E-state index in [0.717, 1.165) is 23.0 Å². The van der Waals surface area contributed by atoms with Crippen molar-refractivity contribution in [1.29, 1.82) is 0 Å². The number of aromatic amines is 1. The number of benzene rings is 2. The van der Waals surface area contributed by atoms with Gasteiger partial charge in [-0.1, -0.05) is 19.1 Å². The molecule has 0 bridgehead atoms. The van der Waals surface area contributed by atoms with Crippen molar-refractivity contribution in [3.8, 4) is 5.75 Å². The van der Waals surface area contributed by atoms with E-state index >= 15 is 0 Å². The Kier molecular flexibility index (Phi) is 4.05. The van der Waals surface area contributed by atoms with Crippen molar-refractivity contribution < 1.29 is 9.53 Å². The number of nitrogens with one attached hydrogen (secondary N) is 2. The molecule has 1 amide bonds. The second-order valence-corrected chi connectivity index (χ2v) is 5.01. The minimum atomic E-state index is -0.192. The Bertz CT molecular complexity index is 778. The van der Waals surface area contributed by atoms with E-state index in [4.69, 9.17) is 4.74 Å². The number of ether oxygens (including phenoxy) is 1. The number of aromatic nitrogens is 2. The van der Waals surface area contributed by atoms with E-state index in [1.165, 1.54) is 5.56 Å². The van der Waals surface area contributed by atoms with E-state index in [1.54, 1.807) is 6.20 Å². The molecule has 0 spiro atoms. The van der Waals surface area contributed by atoms with Gasteiger partial charge >= 0.3 is 0 Å². The van der Waals surface area contributed by atoms with Crippen LogP contribution >= 0.6 is 0 Å². The van der Waals surface area contributed by atoms with Gasteiger partial charge in [-0.2, -0.15) is 5.10 Å². The summed E-state index contributed by atoms with van der Waals surface area (Å²) in [4.78, 5) is 11.9. The van der Waals surface area contributed by atoms with Crippen LogP contribution in [0.4, 0.5) is 5.69 Å². The Hall–Kier alpha value is -2.82. The van der Waals surface area contributed by atoms with Crippen LogP contribution in [0.5, 0.6) is 5.75 Å². The summed E-state index contributed by atoms with van der Waals surface area (Å²) in [7, 11) is 0. The van der Waals surface area contributed by atoms with Gasteiger partial charge in [0.15, 0.2) is 6.61 Å². The summed E-state index contributed by atoms with van der Waals surface area (Å²) in [6, 6.07) is 13.3. The molecule has 0 aliphatic carbocycles. The van der Waals surface area contributed by atoms with Gasteiger partial charge in [-0.05, 0) is 42.3 Å². The first-order valence-corrected chi connectivity index (χ1v) is 7.19. The Morgan fingerprint density at radius 2 is 2.05 bits per heavy atom. The third-order valence-corrected chi connectivity index (χ3v) is 3.43. The van der Waals surface area contributed by atoms with E-state index in [0.29, 0.717) is 5.75 Å². The van der Waals surface area contributed by atoms with Crippen LogP contribution in [0.1, 0.15) is 12.5 Å². The first kappa shape index (κ1) is 14.1. The molecule has 0 saturated carbocycles. The topological polar surface area (TPSA) is 67.0 Å². The molecular weight excluding hydrogens is 278 g/mol. The van der Waals surface area contributed by atoms with Gasteiger partial charge < -0.3 is 10.1 Å². The van der Waals surface area contributed by atoms with Crippen LogP contribution in [0.15, 0.2) is 48.7 Å². The molecule has 5 heteroatoms. The number of carbonyl (C=O) groups excluding carboxylic acids is 1. The molecule has 0 radical (unpaired) electrons. The lowest BCUT2D eigenvalue weighted by atomic mass is 10.2. The lowest BCUT2D eigenvalue weighted by molar-refractivity contribution is -0.118. The van der Waals surface area contributed by atoms with Crippen molar-refractivity contribution in [2.45, 2.75) is 13.3 Å². The van der Waals surface area contributed by atoms with Gasteiger partial charge in [0.1, 0.15) is 5.75 Å². The normalized spacial score (nSPS) is 10.6. The first-order valence-electron chi connectivity index (χ1n) is 7.19. The van der Waals surface area contributed by atoms with Crippen LogP contribution < -0.4 is 10.1 Å². The standard InChI is InChI=1S/C17H17N3O2/c1-2-12-3-6-15(7-4-12)22-11-17(21)19-14-5-8-16-13(9-14)10-18-20-16/h3-10H,2,11H2,1H3,(H,18,20)(H,19,21). The molecule has 112 valence electrons. The van der Waals surface area contributed by atoms with Crippen molar-refractivity contribution in [1.82, 2.24) is 10.2 Å². The average Bonchev–Trinajstić information content (AvgIpc) is 3.01. The number of rotatable bonds is 5. The fourth-order valence-electron chi connectivity index (χ4n) is 2.19. The van der Waals surface area contributed by atoms with Crippen molar-refractivity contribution in [3.05, 3.63) is 54.2 Å². The molecule has 22 heavy (non-hydrogen) atoms. The zero-order chi connectivity index (χ0) is 15.4. The van der Waals surface area contributed by atoms with E-state index < -0.39 is 0 Å². The zero-order valence-corrected chi connectivity index (χ0v) is 12.3. The largest absolute Gasteiger partial charge is 0.484 e. The highest BCUT2D eigenvalue weighted by Crippen LogP contribution is 2.17. The quantitative estimate of drug-likeness (QED) is 0.760. The fraction of sp³-hybridized carbons (Fsp3) is 0.176. The van der Waals surface area contributed by atoms with E-state index in [-0.39, 0.29) is 12.5 Å². The van der Waals surface area contributed by atoms with Crippen LogP contribution in [-0.4, -0.2) is 22.7 Å². The Balaban J connectivity index is 1.57. The van der Waals surface area contributed by atoms with E-state index in [1.807, 2.05) is 42.5 Å². The Morgan fingerprint density at radius 1 is 1.23 bits per heavy atom. The summed E-state index contributed by atoms with van der Waals surface area (Å²) in [5.41, 5.74) is 2.90. The number of nitrogens with zero attached hydrogens (tertiary/aromatic N) is 1. The van der Waals surface area contributed by atoms with Gasteiger partial charge in [0.05, 0.1) is 11.7 Å². The van der Waals surface area contributed by atoms with Crippen molar-refractivity contribution in [3.63, 3.8) is 0 Å². The molecule has 0 unspecified atom stereocenters. The molecule has 0 aliphatic rings. The van der Waals surface area contributed by atoms with Gasteiger partial charge in [0.2, 0.25) is 0 Å². The molecular formula is C17H17N3O2. The second kappa shape index (κ2) is 6.30. The summed E-state index contributed by atoms with van der Waals surface area (Å²) in [5.74, 6) is 0.500. The Labute approximate surface area is 128 Å². The second-order valence-electron chi connectivity index (χ2n) is 5.01. The highest BCUT2D eigenvalue weighted by Gasteiger charge is 2.05. The van der Waals surface area contributed by atoms with E-state index in [2.05, 4.69) is 22.4 Å². The number of fused-ring (bicyclic) bond motifs is 1. The summed E-state index contributed by atoms with van der Waals surface area (Å²) < 4.78 is 5.48. The lowest BCUT2D eigenvalue weighted by Crippen LogP contribution is -2.20. The smallest absolute Gasteiger partial charge is 0.262 e. The minimum Gasteiger partial charge on any atom is -0.484 e. The van der Waals surface area contributed by atoms with Crippen LogP contribution in [-0.2, 0) is 11.2 Å². The molecule has 0 saturated heterocycles. The maximum atomic E-state index is 11.9. The first-order chi connectivity index (χ1) is 10.7. The maximum absolute atomic E-state index is 11.9. The van der Waals surface area contributed by atoms with Crippen molar-refractivity contribution in [2.24, 2.45) is 0 Å². The van der Waals surface area contributed by atoms with Crippen LogP contribution in [0.25, 0.3) is 10.9 Å². The number of carbonyl (C=O) groups is 1. The Morgan fingerprint density at radius 3 is 2.82 bits per heavy atom. The fourth-order valence-corrected chi connectivity index (χ4v) is 2.19. The van der Waals surface area contributed by atoms with Crippen molar-refractivity contribution in [2.75, 3.05) is 11.9 Å². The predicted octanol–water partition coefficient (Wildman–Crippen LogP) is 3.14. The summed E-state index contributed by atoms with van der Waals surface area (Å²) >= 11 is 0. The van der Waals surface area contributed by atoms with Gasteiger partial charge in [-0.25, -0.2) is 0 Å². The number of amides is 1. The molecule has 0 fully saturated rings. The van der Waals surface area contributed by atoms with Crippen LogP contribution in [0, 0.1) is 0 Å². The molecule has 3 rings (SSSR count). The zero-order valence-electron chi connectivity index (χ0n) is 12.3. The number of hydrogen-bond donors (Lipinski definition) is 2. The molecule has 3 aromatic rings. The number of H-pyrrole nitrogens is 1. The minimum absolute atomic E-state index is 0.0190. The van der Waals surface area contributed by atoms with Gasteiger partial charge in [0.25, 0.3) is 5.91 Å². The highest BCUT2D eigenvalue weighted by molar-refractivity contribution is 5.94. The number of aryl methyl sites for hydroxylation is 1. The maximum Gasteiger partial charge on any atom is 0.262 e. The third kappa shape index (κ3) is 3.25. The number of anilines is 1. The average molecular weight is 295 g/mol. The molecule has 5 nitrogen and oxygen atoms in total. The van der Waals surface area contributed by atoms with Crippen LogP contribution in [0.3, 0.4) is 0 Å². The lowest BCUT2D eigenvalue weighted by Gasteiger charge is -2.08. The summed E-state index contributed by atoms with van der Waals surface area (Å²) in [6.45, 7) is 2.08. The third-order valence-electron chi connectivity index (χ3n) is 3.43. The highest BCUT2D eigenvalue weighted by atomic mass is 16.5. The van der Waals surface area contributed by atoms with Gasteiger partial charge in [-0.15, -0.1) is 0 Å². The molecule has 2 N–H and O–H groups in total. The number of hydrogen-bond acceptors (Lipinski definition) is 3. The summed E-state index contributed by atoms with van der Waals surface area (Å²) in [6.07, 6.45) is 2.70. The molecule has 1 aromatic heterocycles. The summed E-state index contributed by atoms with van der Waals surface area (Å²) in [5, 5.41) is 10.6. The SMILES string of the molecule is CCc1ccc(OCC(=O)Nc2ccc3[nH]ncc3c2)cc1. The molecule has 2 aromatic carbocycles. The molecule has 0 aliphatic heterocycles. The predicted molar refractivity (Wildman–Crippen MR) is 86.0 cm³/mol. The van der Waals surface area contributed by atoms with Gasteiger partial charge in [-0.3, -0.25) is 9.89 Å².